The van der Waals surface area contributed by atoms with E-state index in [4.69, 9.17) is 28.8 Å². The van der Waals surface area contributed by atoms with Gasteiger partial charge in [-0.3, -0.25) is 52.9 Å². The number of rotatable bonds is 41. The van der Waals surface area contributed by atoms with E-state index in [0.717, 1.165) is 10.8 Å². The van der Waals surface area contributed by atoms with Gasteiger partial charge < -0.3 is 91.0 Å². The number of hydrogen-bond donors (Lipinski definition) is 18. The zero-order valence-corrected chi connectivity index (χ0v) is 66.0. The Kier molecular flexibility index (Phi) is 31.4. The zero-order chi connectivity index (χ0) is 83.5. The van der Waals surface area contributed by atoms with Crippen LogP contribution in [0.1, 0.15) is 93.2 Å². The molecule has 9 aromatic rings. The van der Waals surface area contributed by atoms with Crippen molar-refractivity contribution in [3.8, 4) is 0 Å². The Hall–Kier alpha value is -12.9. The smallest absolute Gasteiger partial charge is 0.248 e. The van der Waals surface area contributed by atoms with E-state index in [1.54, 1.807) is 122 Å². The molecule has 1 aliphatic rings. The van der Waals surface area contributed by atoms with Crippen LogP contribution in [-0.2, 0) is 86.5 Å². The Morgan fingerprint density at radius 2 is 0.923 bits per heavy atom. The lowest BCUT2D eigenvalue weighted by Crippen LogP contribution is -2.62. The molecule has 1 fully saturated rings. The van der Waals surface area contributed by atoms with Crippen LogP contribution in [0.4, 0.5) is 35.2 Å². The Labute approximate surface area is 680 Å². The number of nitrogens with zero attached hydrogens (tertiary/aromatic N) is 6. The number of hydrogen-bond acceptors (Lipinski definition) is 22. The van der Waals surface area contributed by atoms with Crippen LogP contribution in [0.15, 0.2) is 170 Å². The summed E-state index contributed by atoms with van der Waals surface area (Å²) in [5.41, 5.74) is 21.8. The number of pyridine rings is 1. The van der Waals surface area contributed by atoms with Crippen LogP contribution in [0, 0.1) is 0 Å². The molecule has 35 heteroatoms. The molecule has 4 heterocycles. The molecule has 1 aliphatic heterocycles. The Morgan fingerprint density at radius 1 is 0.496 bits per heavy atom. The Balaban J connectivity index is 0.945. The van der Waals surface area contributed by atoms with E-state index in [9.17, 15) is 24.3 Å². The molecule has 0 unspecified atom stereocenters. The van der Waals surface area contributed by atoms with Crippen molar-refractivity contribution in [2.75, 3.05) is 41.8 Å². The number of unbranched alkanes of at least 4 members (excludes halogenated alkanes) is 1. The Morgan fingerprint density at radius 3 is 1.38 bits per heavy atom. The fourth-order valence-electron chi connectivity index (χ4n) is 13.4. The van der Waals surface area contributed by atoms with Gasteiger partial charge in [-0.2, -0.15) is 9.97 Å². The first kappa shape index (κ1) is 86.5. The number of nitrogens with one attached hydrogen (secondary N) is 14. The summed E-state index contributed by atoms with van der Waals surface area (Å²) in [5, 5.41) is 61.0. The van der Waals surface area contributed by atoms with Gasteiger partial charge in [0.1, 0.15) is 54.4 Å². The van der Waals surface area contributed by atoms with Crippen LogP contribution in [0.5, 0.6) is 0 Å². The van der Waals surface area contributed by atoms with Gasteiger partial charge >= 0.3 is 0 Å². The van der Waals surface area contributed by atoms with Gasteiger partial charge in [-0.15, -0.1) is 10.2 Å². The highest BCUT2D eigenvalue weighted by Gasteiger charge is 2.40. The van der Waals surface area contributed by atoms with Crippen LogP contribution in [0.25, 0.3) is 10.8 Å². The van der Waals surface area contributed by atoms with Gasteiger partial charge in [0, 0.05) is 86.8 Å². The maximum absolute atomic E-state index is 15.6. The topological polar surface area (TPSA) is 513 Å². The third-order valence-corrected chi connectivity index (χ3v) is 19.6. The standard InChI is InChI=1S/C82H100ClN23O11/c1-47(2)88-36-11-10-19-61(78(117)106-37-13-20-69(106)77(116)89-48(3)84)93-71(110)63(39-50-14-6-5-7-15-50)95-72(111)65(41-52-24-31-59(32-25-52)91-81-100-79(85)102-104-81)96-74(113)66(42-53-26-33-60(34-27-53)92-82-101-80(86)103-105-82)98-76(115)68(46-107)99-75(114)67(44-55-16-12-35-87-45-55)97-73(112)64(40-51-22-29-58(83)30-23-51)94-70(109)62(90-49(4)108)43-54-21-28-56-17-8-9-18-57(56)38-54/h5-9,12,14-18,21-35,38,45,47-48,61-69,88,107H,10-11,13,19-20,36-37,39-44,46,84H2,1-4H3,(H,89,116)(H,90,108)(H,93,110)(H,94,109)(H,95,111)(H,96,113)(H,97,112)(H,98,115)(H,99,114)(H4,85,91,100,102,104)(H4,86,92,101,103,105)/t48-,61+,62-,63+,64-,65-,66+,67-,68+,69+/m1/s1. The molecule has 34 nitrogen and oxygen atoms in total. The second-order valence-electron chi connectivity index (χ2n) is 29.1. The monoisotopic (exact) mass is 1620 g/mol. The first-order valence-corrected chi connectivity index (χ1v) is 39.0. The van der Waals surface area contributed by atoms with Gasteiger partial charge in [0.2, 0.25) is 82.9 Å². The number of nitrogens with two attached hydrogens (primary N) is 3. The predicted molar refractivity (Wildman–Crippen MR) is 441 cm³/mol. The number of amides is 10. The van der Waals surface area contributed by atoms with Crippen molar-refractivity contribution in [1.29, 1.82) is 0 Å². The molecule has 0 spiro atoms. The molecule has 0 bridgehead atoms. The quantitative estimate of drug-likeness (QED) is 0.0193. The lowest BCUT2D eigenvalue weighted by Gasteiger charge is -2.31. The molecule has 3 aromatic heterocycles. The summed E-state index contributed by atoms with van der Waals surface area (Å²) in [4.78, 5) is 161. The summed E-state index contributed by atoms with van der Waals surface area (Å²) >= 11 is 6.29. The zero-order valence-electron chi connectivity index (χ0n) is 65.2. The van der Waals surface area contributed by atoms with Crippen molar-refractivity contribution in [1.82, 2.24) is 93.4 Å². The van der Waals surface area contributed by atoms with Crippen molar-refractivity contribution in [3.63, 3.8) is 0 Å². The number of carbonyl (C=O) groups is 10. The van der Waals surface area contributed by atoms with Gasteiger partial charge in [-0.1, -0.05) is 141 Å². The summed E-state index contributed by atoms with van der Waals surface area (Å²) in [5.74, 6) is -7.35. The first-order valence-electron chi connectivity index (χ1n) is 38.6. The molecule has 0 aliphatic carbocycles. The number of fused-ring (bicyclic) bond motifs is 1. The minimum absolute atomic E-state index is 0.0294. The summed E-state index contributed by atoms with van der Waals surface area (Å²) in [6.07, 6.45) is 3.36. The largest absolute Gasteiger partial charge is 0.394 e. The number of anilines is 6. The third-order valence-electron chi connectivity index (χ3n) is 19.3. The minimum atomic E-state index is -1.85. The van der Waals surface area contributed by atoms with Crippen molar-refractivity contribution in [2.45, 2.75) is 165 Å². The fraction of sp³-hybridized carbons (Fsp3) is 0.354. The highest BCUT2D eigenvalue weighted by Crippen LogP contribution is 2.24. The van der Waals surface area contributed by atoms with Crippen LogP contribution in [0.3, 0.4) is 0 Å². The summed E-state index contributed by atoms with van der Waals surface area (Å²) < 4.78 is 0. The molecule has 0 radical (unpaired) electrons. The lowest BCUT2D eigenvalue weighted by molar-refractivity contribution is -0.142. The number of halogens is 1. The summed E-state index contributed by atoms with van der Waals surface area (Å²) in [6.45, 7) is 6.66. The highest BCUT2D eigenvalue weighted by molar-refractivity contribution is 6.30. The average molecular weight is 1620 g/mol. The minimum Gasteiger partial charge on any atom is -0.394 e. The van der Waals surface area contributed by atoms with E-state index in [1.165, 1.54) is 24.2 Å². The van der Waals surface area contributed by atoms with E-state index < -0.39 is 126 Å². The van der Waals surface area contributed by atoms with Crippen LogP contribution < -0.4 is 81.0 Å². The molecule has 616 valence electrons. The van der Waals surface area contributed by atoms with E-state index in [2.05, 4.69) is 99.1 Å². The van der Waals surface area contributed by atoms with Gasteiger partial charge in [-0.05, 0) is 132 Å². The third kappa shape index (κ3) is 26.6. The summed E-state index contributed by atoms with van der Waals surface area (Å²) in [7, 11) is 0. The molecule has 21 N–H and O–H groups in total. The molecular weight excluding hydrogens is 1520 g/mol. The normalized spacial score (nSPS) is 14.8. The number of aromatic nitrogens is 7. The first-order chi connectivity index (χ1) is 56.3. The SMILES string of the molecule is CC(=O)N[C@H](Cc1ccc2ccccc2c1)C(=O)N[C@H](Cc1ccc(Cl)cc1)C(=O)N[C@H](Cc1cccnc1)C(=O)N[C@@H](CO)C(=O)N[C@@H](Cc1ccc(Nc2n[nH]c(N)n2)cc1)C(=O)N[C@H](Cc1ccc(Nc2n[nH]c(N)n2)cc1)C(=O)N[C@@H](Cc1ccccc1)C(=O)N[C@@H](CCCCNC(C)C)C(=O)N1CCC[C@H]1C(=O)N[C@H](C)N. The predicted octanol–water partition coefficient (Wildman–Crippen LogP) is 3.00. The lowest BCUT2D eigenvalue weighted by atomic mass is 9.99. The highest BCUT2D eigenvalue weighted by atomic mass is 35.5. The average Bonchev–Trinajstić information content (AvgIpc) is 1.80. The number of benzene rings is 6. The van der Waals surface area contributed by atoms with Crippen LogP contribution in [-0.4, -0.2) is 191 Å². The van der Waals surface area contributed by atoms with Gasteiger partial charge in [0.15, 0.2) is 0 Å². The maximum Gasteiger partial charge on any atom is 0.248 e. The van der Waals surface area contributed by atoms with E-state index in [-0.39, 0.29) is 81.3 Å². The molecule has 10 rings (SSSR count). The van der Waals surface area contributed by atoms with Crippen molar-refractivity contribution in [3.05, 3.63) is 209 Å². The number of H-pyrrole nitrogens is 2. The van der Waals surface area contributed by atoms with Crippen molar-refractivity contribution in [2.24, 2.45) is 5.73 Å². The van der Waals surface area contributed by atoms with Crippen LogP contribution >= 0.6 is 11.6 Å². The second-order valence-corrected chi connectivity index (χ2v) is 29.5. The molecule has 10 atom stereocenters. The van der Waals surface area contributed by atoms with E-state index in [0.29, 0.717) is 82.0 Å². The van der Waals surface area contributed by atoms with Crippen LogP contribution in [0.2, 0.25) is 5.02 Å². The molecule has 117 heavy (non-hydrogen) atoms. The fourth-order valence-corrected chi connectivity index (χ4v) is 13.6. The van der Waals surface area contributed by atoms with E-state index in [1.807, 2.05) is 56.3 Å². The molecule has 1 saturated heterocycles. The van der Waals surface area contributed by atoms with Gasteiger partial charge in [-0.25, -0.2) is 10.2 Å². The van der Waals surface area contributed by atoms with Gasteiger partial charge in [0.05, 0.1) is 12.8 Å². The number of likely N-dealkylation sites (tertiary alicyclic amines) is 1. The molecular formula is C82H100ClN23O11. The van der Waals surface area contributed by atoms with E-state index >= 15 is 28.8 Å². The maximum atomic E-state index is 15.6. The number of carbonyl (C=O) groups excluding carboxylic acids is 10. The van der Waals surface area contributed by atoms with Crippen molar-refractivity contribution < 1.29 is 53.1 Å². The number of aliphatic hydroxyl groups excluding tert-OH is 1. The number of aliphatic hydroxyl groups is 1. The Bertz CT molecular complexity index is 4850. The second kappa shape index (κ2) is 42.4. The molecule has 6 aromatic carbocycles. The molecule has 0 saturated carbocycles. The van der Waals surface area contributed by atoms with Gasteiger partial charge in [0.25, 0.3) is 0 Å². The summed E-state index contributed by atoms with van der Waals surface area (Å²) in [6, 6.07) is 32.5. The number of nitrogen functional groups attached to an aromatic ring is 2. The number of aromatic amines is 2. The van der Waals surface area contributed by atoms with Crippen molar-refractivity contribution >= 4 is 117 Å². The molecule has 10 amide bonds.